The van der Waals surface area contributed by atoms with Gasteiger partial charge in [0.15, 0.2) is 11.5 Å². The minimum atomic E-state index is 0.205. The highest BCUT2D eigenvalue weighted by Crippen LogP contribution is 2.41. The van der Waals surface area contributed by atoms with E-state index in [0.717, 1.165) is 61.3 Å². The number of likely N-dealkylation sites (tertiary alicyclic amines) is 1. The number of hydrogen-bond donors (Lipinski definition) is 1. The zero-order valence-corrected chi connectivity index (χ0v) is 22.1. The molecule has 9 heteroatoms. The van der Waals surface area contributed by atoms with Crippen molar-refractivity contribution in [2.45, 2.75) is 26.2 Å². The number of rotatable bonds is 7. The van der Waals surface area contributed by atoms with Gasteiger partial charge in [-0.05, 0) is 31.2 Å². The van der Waals surface area contributed by atoms with Crippen molar-refractivity contribution in [1.29, 1.82) is 0 Å². The predicted octanol–water partition coefficient (Wildman–Crippen LogP) is 4.77. The molecule has 2 saturated heterocycles. The summed E-state index contributed by atoms with van der Waals surface area (Å²) in [4.78, 5) is 25.3. The molecule has 0 atom stereocenters. The maximum atomic E-state index is 13.1. The third-order valence-electron chi connectivity index (χ3n) is 8.06. The number of H-pyrrole nitrogens is 1. The number of hydrogen-bond acceptors (Lipinski definition) is 7. The number of quaternary nitrogens is 1. The van der Waals surface area contributed by atoms with Gasteiger partial charge >= 0.3 is 5.91 Å². The topological polar surface area (TPSA) is 95.6 Å². The third-order valence-corrected chi connectivity index (χ3v) is 8.06. The first-order chi connectivity index (χ1) is 18.4. The Morgan fingerprint density at radius 2 is 1.92 bits per heavy atom. The van der Waals surface area contributed by atoms with Gasteiger partial charge in [0.25, 0.3) is 0 Å². The van der Waals surface area contributed by atoms with E-state index < -0.39 is 0 Å². The fourth-order valence-electron chi connectivity index (χ4n) is 5.46. The van der Waals surface area contributed by atoms with Gasteiger partial charge in [-0.2, -0.15) is 0 Å². The zero-order chi connectivity index (χ0) is 26.3. The number of amides is 1. The number of aryl methyl sites for hydroxylation is 1. The number of nitrogens with one attached hydrogen (secondary N) is 1. The van der Waals surface area contributed by atoms with Gasteiger partial charge in [-0.1, -0.05) is 0 Å². The highest BCUT2D eigenvalue weighted by atomic mass is 16.5. The number of ether oxygens (including phenoxy) is 4. The van der Waals surface area contributed by atoms with Gasteiger partial charge in [0.1, 0.15) is 23.8 Å². The number of benzene rings is 1. The molecule has 1 aromatic carbocycles. The van der Waals surface area contributed by atoms with E-state index in [-0.39, 0.29) is 12.5 Å². The Hall–Kier alpha value is -3.69. The molecule has 0 radical (unpaired) electrons. The number of piperidine rings is 1. The van der Waals surface area contributed by atoms with E-state index in [0.29, 0.717) is 44.8 Å². The first kappa shape index (κ1) is 24.6. The standard InChI is InChI=1S/C29H33N4O5/c1-19-12-20-13-21(16-31-28(20)32-19)38-24-4-8-30-23-15-26(25(35-3)14-22(23)24)37-11-5-27(34)33(2)9-6-29(7-10-33)17-36-18-29/h4,8,12-16H,5-7,9-11,17-18H2,1-3H3,(H,31,32)/q+1. The Bertz CT molecular complexity index is 1500. The second-order valence-corrected chi connectivity index (χ2v) is 10.8. The largest absolute Gasteiger partial charge is 0.493 e. The number of nitrogens with zero attached hydrogens (tertiary/aromatic N) is 3. The molecule has 0 aliphatic carbocycles. The average Bonchev–Trinajstić information content (AvgIpc) is 3.27. The van der Waals surface area contributed by atoms with Gasteiger partial charge in [0.2, 0.25) is 0 Å². The normalized spacial score (nSPS) is 17.9. The molecule has 1 amide bonds. The van der Waals surface area contributed by atoms with Crippen LogP contribution in [0.4, 0.5) is 0 Å². The van der Waals surface area contributed by atoms with E-state index in [2.05, 4.69) is 15.0 Å². The lowest BCUT2D eigenvalue weighted by atomic mass is 9.76. The zero-order valence-electron chi connectivity index (χ0n) is 22.1. The van der Waals surface area contributed by atoms with Crippen LogP contribution in [0, 0.1) is 12.3 Å². The second kappa shape index (κ2) is 9.56. The van der Waals surface area contributed by atoms with Crippen molar-refractivity contribution < 1.29 is 28.2 Å². The van der Waals surface area contributed by atoms with Crippen LogP contribution in [0.15, 0.2) is 42.7 Å². The van der Waals surface area contributed by atoms with Crippen LogP contribution in [0.1, 0.15) is 25.0 Å². The average molecular weight is 518 g/mol. The first-order valence-corrected chi connectivity index (χ1v) is 13.0. The minimum absolute atomic E-state index is 0.205. The first-order valence-electron chi connectivity index (χ1n) is 13.0. The number of fused-ring (bicyclic) bond motifs is 2. The van der Waals surface area contributed by atoms with Crippen LogP contribution in [0.25, 0.3) is 21.9 Å². The van der Waals surface area contributed by atoms with Crippen molar-refractivity contribution in [3.63, 3.8) is 0 Å². The van der Waals surface area contributed by atoms with E-state index in [1.807, 2.05) is 44.3 Å². The fraction of sp³-hybridized carbons (Fsp3) is 0.414. The van der Waals surface area contributed by atoms with Crippen molar-refractivity contribution in [1.82, 2.24) is 15.0 Å². The van der Waals surface area contributed by atoms with Crippen molar-refractivity contribution in [3.05, 3.63) is 48.4 Å². The molecule has 2 aliphatic heterocycles. The van der Waals surface area contributed by atoms with Crippen LogP contribution in [0.5, 0.6) is 23.0 Å². The van der Waals surface area contributed by atoms with E-state index in [4.69, 9.17) is 18.9 Å². The summed E-state index contributed by atoms with van der Waals surface area (Å²) in [5, 5.41) is 1.77. The van der Waals surface area contributed by atoms with Gasteiger partial charge in [-0.15, -0.1) is 0 Å². The highest BCUT2D eigenvalue weighted by Gasteiger charge is 2.48. The summed E-state index contributed by atoms with van der Waals surface area (Å²) in [6.07, 6.45) is 5.82. The maximum absolute atomic E-state index is 13.1. The quantitative estimate of drug-likeness (QED) is 0.353. The highest BCUT2D eigenvalue weighted by molar-refractivity contribution is 5.88. The van der Waals surface area contributed by atoms with Crippen LogP contribution < -0.4 is 14.2 Å². The van der Waals surface area contributed by atoms with Crippen molar-refractivity contribution >= 4 is 27.8 Å². The molecule has 5 heterocycles. The Kier molecular flexibility index (Phi) is 6.20. The fourth-order valence-corrected chi connectivity index (χ4v) is 5.46. The lowest BCUT2D eigenvalue weighted by Crippen LogP contribution is -2.60. The van der Waals surface area contributed by atoms with Crippen LogP contribution in [0.3, 0.4) is 0 Å². The smallest absolute Gasteiger partial charge is 0.316 e. The SMILES string of the molecule is COc1cc2c(Oc3cnc4[nH]c(C)cc4c3)ccnc2cc1OCCC(=O)[N+]1(C)CCC2(CC1)COC2. The molecule has 4 aromatic rings. The van der Waals surface area contributed by atoms with Gasteiger partial charge in [-0.25, -0.2) is 9.78 Å². The van der Waals surface area contributed by atoms with E-state index >= 15 is 0 Å². The number of methoxy groups -OCH3 is 1. The molecular formula is C29H33N4O5+. The molecule has 9 nitrogen and oxygen atoms in total. The second-order valence-electron chi connectivity index (χ2n) is 10.8. The van der Waals surface area contributed by atoms with Crippen LogP contribution in [-0.2, 0) is 9.53 Å². The molecule has 1 spiro atoms. The van der Waals surface area contributed by atoms with Crippen molar-refractivity contribution in [2.24, 2.45) is 5.41 Å². The molecule has 0 saturated carbocycles. The molecule has 38 heavy (non-hydrogen) atoms. The summed E-state index contributed by atoms with van der Waals surface area (Å²) in [7, 11) is 3.64. The predicted molar refractivity (Wildman–Crippen MR) is 143 cm³/mol. The van der Waals surface area contributed by atoms with E-state index in [1.54, 1.807) is 19.5 Å². The number of carbonyl (C=O) groups excluding carboxylic acids is 1. The van der Waals surface area contributed by atoms with Gasteiger partial charge < -0.3 is 23.9 Å². The monoisotopic (exact) mass is 517 g/mol. The van der Waals surface area contributed by atoms with Crippen LogP contribution in [0.2, 0.25) is 0 Å². The third kappa shape index (κ3) is 4.56. The van der Waals surface area contributed by atoms with Gasteiger partial charge in [0, 0.05) is 47.0 Å². The summed E-state index contributed by atoms with van der Waals surface area (Å²) >= 11 is 0. The van der Waals surface area contributed by atoms with E-state index in [1.165, 1.54) is 0 Å². The molecule has 2 aliphatic rings. The summed E-state index contributed by atoms with van der Waals surface area (Å²) in [6.45, 7) is 5.67. The maximum Gasteiger partial charge on any atom is 0.316 e. The van der Waals surface area contributed by atoms with Crippen molar-refractivity contribution in [3.8, 4) is 23.0 Å². The number of aromatic amines is 1. The number of pyridine rings is 2. The number of aromatic nitrogens is 3. The Labute approximate surface area is 221 Å². The lowest BCUT2D eigenvalue weighted by Gasteiger charge is -2.49. The molecule has 0 unspecified atom stereocenters. The lowest BCUT2D eigenvalue weighted by molar-refractivity contribution is -0.844. The minimum Gasteiger partial charge on any atom is -0.493 e. The molecule has 6 rings (SSSR count). The molecule has 3 aromatic heterocycles. The van der Waals surface area contributed by atoms with Gasteiger partial charge in [-0.3, -0.25) is 9.47 Å². The Morgan fingerprint density at radius 3 is 2.66 bits per heavy atom. The summed E-state index contributed by atoms with van der Waals surface area (Å²) in [5.74, 6) is 2.59. The number of carbonyl (C=O) groups is 1. The molecular weight excluding hydrogens is 484 g/mol. The molecule has 198 valence electrons. The molecule has 1 N–H and O–H groups in total. The van der Waals surface area contributed by atoms with Gasteiger partial charge in [0.05, 0.1) is 58.6 Å². The summed E-state index contributed by atoms with van der Waals surface area (Å²) < 4.78 is 23.8. The van der Waals surface area contributed by atoms with Crippen molar-refractivity contribution in [2.75, 3.05) is 47.1 Å². The Morgan fingerprint density at radius 1 is 1.11 bits per heavy atom. The summed E-state index contributed by atoms with van der Waals surface area (Å²) in [6, 6.07) is 9.50. The molecule has 0 bridgehead atoms. The molecule has 2 fully saturated rings. The van der Waals surface area contributed by atoms with Crippen LogP contribution in [-0.4, -0.2) is 72.4 Å². The van der Waals surface area contributed by atoms with Crippen LogP contribution >= 0.6 is 0 Å². The van der Waals surface area contributed by atoms with E-state index in [9.17, 15) is 4.79 Å². The summed E-state index contributed by atoms with van der Waals surface area (Å²) in [5.41, 5.74) is 2.89. The Balaban J connectivity index is 1.15.